The monoisotopic (exact) mass is 272 g/mol. The van der Waals surface area contributed by atoms with Gasteiger partial charge in [0.15, 0.2) is 0 Å². The minimum absolute atomic E-state index is 0.00162. The van der Waals surface area contributed by atoms with Crippen molar-refractivity contribution in [2.24, 2.45) is 11.8 Å². The van der Waals surface area contributed by atoms with Gasteiger partial charge in [-0.25, -0.2) is 0 Å². The molecule has 2 N–H and O–H groups in total. The molecule has 1 saturated heterocycles. The lowest BCUT2D eigenvalue weighted by atomic mass is 9.97. The molecule has 1 aliphatic rings. The molecular weight excluding hydrogens is 259 g/mol. The average Bonchev–Trinajstić information content (AvgIpc) is 2.68. The van der Waals surface area contributed by atoms with Gasteiger partial charge in [0.05, 0.1) is 16.6 Å². The Morgan fingerprint density at radius 3 is 2.76 bits per heavy atom. The molecule has 0 radical (unpaired) electrons. The Bertz CT molecular complexity index is 437. The minimum Gasteiger partial charge on any atom is -0.324 e. The van der Waals surface area contributed by atoms with Crippen LogP contribution in [0.2, 0.25) is 10.0 Å². The van der Waals surface area contributed by atoms with Crippen LogP contribution in [0, 0.1) is 11.8 Å². The van der Waals surface area contributed by atoms with Crippen molar-refractivity contribution in [1.29, 1.82) is 0 Å². The predicted molar refractivity (Wildman–Crippen MR) is 70.6 cm³/mol. The Balaban J connectivity index is 2.07. The van der Waals surface area contributed by atoms with Crippen molar-refractivity contribution in [2.75, 3.05) is 18.4 Å². The third-order valence-corrected chi connectivity index (χ3v) is 3.59. The van der Waals surface area contributed by atoms with E-state index < -0.39 is 0 Å². The van der Waals surface area contributed by atoms with E-state index in [4.69, 9.17) is 23.2 Å². The van der Waals surface area contributed by atoms with Crippen molar-refractivity contribution < 1.29 is 4.79 Å². The van der Waals surface area contributed by atoms with Crippen LogP contribution in [0.4, 0.5) is 5.69 Å². The second kappa shape index (κ2) is 5.25. The lowest BCUT2D eigenvalue weighted by molar-refractivity contribution is -0.120. The van der Waals surface area contributed by atoms with Crippen LogP contribution in [0.3, 0.4) is 0 Å². The van der Waals surface area contributed by atoms with Crippen molar-refractivity contribution in [3.8, 4) is 0 Å². The Morgan fingerprint density at radius 2 is 2.18 bits per heavy atom. The number of amides is 1. The first kappa shape index (κ1) is 12.7. The molecule has 0 aliphatic carbocycles. The van der Waals surface area contributed by atoms with Crippen LogP contribution in [0.25, 0.3) is 0 Å². The van der Waals surface area contributed by atoms with Gasteiger partial charge in [0.1, 0.15) is 0 Å². The van der Waals surface area contributed by atoms with Gasteiger partial charge in [-0.05, 0) is 30.7 Å². The molecule has 1 amide bonds. The zero-order chi connectivity index (χ0) is 12.4. The highest BCUT2D eigenvalue weighted by Crippen LogP contribution is 2.26. The Labute approximate surface area is 110 Å². The van der Waals surface area contributed by atoms with Gasteiger partial charge in [-0.3, -0.25) is 4.79 Å². The van der Waals surface area contributed by atoms with Crippen molar-refractivity contribution in [3.05, 3.63) is 28.2 Å². The molecule has 1 aromatic rings. The number of hydrogen-bond acceptors (Lipinski definition) is 2. The number of rotatable bonds is 2. The molecule has 1 fully saturated rings. The fraction of sp³-hybridized carbons (Fsp3) is 0.417. The van der Waals surface area contributed by atoms with Crippen LogP contribution >= 0.6 is 23.2 Å². The number of nitrogens with one attached hydrogen (secondary N) is 2. The van der Waals surface area contributed by atoms with Crippen LogP contribution < -0.4 is 10.6 Å². The van der Waals surface area contributed by atoms with Gasteiger partial charge in [0.25, 0.3) is 0 Å². The van der Waals surface area contributed by atoms with Crippen molar-refractivity contribution in [2.45, 2.75) is 6.92 Å². The summed E-state index contributed by atoms with van der Waals surface area (Å²) in [5, 5.41) is 7.06. The zero-order valence-electron chi connectivity index (χ0n) is 9.47. The summed E-state index contributed by atoms with van der Waals surface area (Å²) in [4.78, 5) is 12.0. The number of hydrogen-bond donors (Lipinski definition) is 2. The standard InChI is InChI=1S/C12H14Cl2N2O/c1-7-5-15-6-9(7)12(17)16-11-3-2-8(13)4-10(11)14/h2-4,7,9,15H,5-6H2,1H3,(H,16,17)/t7-,9-/m1/s1. The third-order valence-electron chi connectivity index (χ3n) is 3.04. The molecule has 17 heavy (non-hydrogen) atoms. The fourth-order valence-electron chi connectivity index (χ4n) is 1.98. The van der Waals surface area contributed by atoms with E-state index in [1.54, 1.807) is 18.2 Å². The fourth-order valence-corrected chi connectivity index (χ4v) is 2.43. The summed E-state index contributed by atoms with van der Waals surface area (Å²) in [6.07, 6.45) is 0. The molecule has 0 bridgehead atoms. The largest absolute Gasteiger partial charge is 0.324 e. The predicted octanol–water partition coefficient (Wildman–Crippen LogP) is 2.79. The maximum Gasteiger partial charge on any atom is 0.229 e. The van der Waals surface area contributed by atoms with E-state index in [0.29, 0.717) is 21.7 Å². The summed E-state index contributed by atoms with van der Waals surface area (Å²) in [6.45, 7) is 3.67. The third kappa shape index (κ3) is 2.92. The molecule has 2 rings (SSSR count). The average molecular weight is 273 g/mol. The Hall–Kier alpha value is -0.770. The van der Waals surface area contributed by atoms with E-state index in [0.717, 1.165) is 13.1 Å². The Kier molecular flexibility index (Phi) is 3.92. The smallest absolute Gasteiger partial charge is 0.229 e. The molecule has 0 aromatic heterocycles. The van der Waals surface area contributed by atoms with E-state index >= 15 is 0 Å². The van der Waals surface area contributed by atoms with E-state index in [1.807, 2.05) is 0 Å². The van der Waals surface area contributed by atoms with E-state index in [2.05, 4.69) is 17.6 Å². The van der Waals surface area contributed by atoms with Gasteiger partial charge in [0.2, 0.25) is 5.91 Å². The van der Waals surface area contributed by atoms with E-state index in [1.165, 1.54) is 0 Å². The van der Waals surface area contributed by atoms with Crippen LogP contribution in [-0.2, 0) is 4.79 Å². The second-order valence-electron chi connectivity index (χ2n) is 4.36. The normalized spacial score (nSPS) is 23.7. The van der Waals surface area contributed by atoms with Crippen LogP contribution in [0.1, 0.15) is 6.92 Å². The molecule has 92 valence electrons. The summed E-state index contributed by atoms with van der Waals surface area (Å²) in [5.41, 5.74) is 0.611. The summed E-state index contributed by atoms with van der Waals surface area (Å²) in [6, 6.07) is 5.05. The van der Waals surface area contributed by atoms with Gasteiger partial charge in [-0.2, -0.15) is 0 Å². The first-order valence-electron chi connectivity index (χ1n) is 5.54. The first-order chi connectivity index (χ1) is 8.08. The summed E-state index contributed by atoms with van der Waals surface area (Å²) in [7, 11) is 0. The second-order valence-corrected chi connectivity index (χ2v) is 5.20. The highest BCUT2D eigenvalue weighted by Gasteiger charge is 2.29. The quantitative estimate of drug-likeness (QED) is 0.870. The molecule has 2 atom stereocenters. The molecule has 0 unspecified atom stereocenters. The molecule has 1 heterocycles. The number of carbonyl (C=O) groups excluding carboxylic acids is 1. The molecule has 5 heteroatoms. The number of carbonyl (C=O) groups is 1. The van der Waals surface area contributed by atoms with Gasteiger partial charge in [0, 0.05) is 11.6 Å². The topological polar surface area (TPSA) is 41.1 Å². The first-order valence-corrected chi connectivity index (χ1v) is 6.30. The molecular formula is C12H14Cl2N2O. The van der Waals surface area contributed by atoms with Gasteiger partial charge in [-0.1, -0.05) is 30.1 Å². The number of halogens is 2. The van der Waals surface area contributed by atoms with Crippen molar-refractivity contribution in [3.63, 3.8) is 0 Å². The zero-order valence-corrected chi connectivity index (χ0v) is 11.0. The van der Waals surface area contributed by atoms with Crippen LogP contribution in [0.15, 0.2) is 18.2 Å². The number of benzene rings is 1. The highest BCUT2D eigenvalue weighted by atomic mass is 35.5. The van der Waals surface area contributed by atoms with Gasteiger partial charge in [-0.15, -0.1) is 0 Å². The van der Waals surface area contributed by atoms with E-state index in [9.17, 15) is 4.79 Å². The summed E-state index contributed by atoms with van der Waals surface area (Å²) >= 11 is 11.8. The number of anilines is 1. The highest BCUT2D eigenvalue weighted by molar-refractivity contribution is 6.36. The molecule has 0 spiro atoms. The Morgan fingerprint density at radius 1 is 1.41 bits per heavy atom. The maximum atomic E-state index is 12.0. The summed E-state index contributed by atoms with van der Waals surface area (Å²) < 4.78 is 0. The summed E-state index contributed by atoms with van der Waals surface area (Å²) in [5.74, 6) is 0.356. The molecule has 3 nitrogen and oxygen atoms in total. The lowest BCUT2D eigenvalue weighted by Gasteiger charge is -2.15. The van der Waals surface area contributed by atoms with Gasteiger partial charge >= 0.3 is 0 Å². The van der Waals surface area contributed by atoms with E-state index in [-0.39, 0.29) is 11.8 Å². The molecule has 1 aromatic carbocycles. The molecule has 0 saturated carbocycles. The van der Waals surface area contributed by atoms with Gasteiger partial charge < -0.3 is 10.6 Å². The van der Waals surface area contributed by atoms with Crippen LogP contribution in [-0.4, -0.2) is 19.0 Å². The molecule has 1 aliphatic heterocycles. The van der Waals surface area contributed by atoms with Crippen LogP contribution in [0.5, 0.6) is 0 Å². The maximum absolute atomic E-state index is 12.0. The van der Waals surface area contributed by atoms with Crippen molar-refractivity contribution >= 4 is 34.8 Å². The SMILES string of the molecule is C[C@@H]1CNC[C@H]1C(=O)Nc1ccc(Cl)cc1Cl. The minimum atomic E-state index is 0.00162. The van der Waals surface area contributed by atoms with Crippen molar-refractivity contribution in [1.82, 2.24) is 5.32 Å². The lowest BCUT2D eigenvalue weighted by Crippen LogP contribution is -2.27.